The van der Waals surface area contributed by atoms with E-state index in [1.165, 1.54) is 6.42 Å². The van der Waals surface area contributed by atoms with Crippen molar-refractivity contribution in [3.63, 3.8) is 0 Å². The van der Waals surface area contributed by atoms with Crippen LogP contribution in [0.15, 0.2) is 24.3 Å². The van der Waals surface area contributed by atoms with Gasteiger partial charge in [0.25, 0.3) is 5.91 Å². The minimum atomic E-state index is -0.108. The van der Waals surface area contributed by atoms with E-state index in [9.17, 15) is 4.79 Å². The lowest BCUT2D eigenvalue weighted by Gasteiger charge is -2.12. The van der Waals surface area contributed by atoms with Crippen molar-refractivity contribution in [1.82, 2.24) is 10.6 Å². The van der Waals surface area contributed by atoms with Crippen LogP contribution >= 0.6 is 11.6 Å². The van der Waals surface area contributed by atoms with Crippen molar-refractivity contribution in [1.29, 1.82) is 0 Å². The predicted octanol–water partition coefficient (Wildman–Crippen LogP) is 1.59. The first-order valence-corrected chi connectivity index (χ1v) is 6.50. The van der Waals surface area contributed by atoms with Gasteiger partial charge in [0.2, 0.25) is 0 Å². The summed E-state index contributed by atoms with van der Waals surface area (Å²) in [7, 11) is 0. The highest BCUT2D eigenvalue weighted by atomic mass is 35.5. The van der Waals surface area contributed by atoms with Crippen molar-refractivity contribution >= 4 is 17.5 Å². The minimum absolute atomic E-state index is 0.0209. The van der Waals surface area contributed by atoms with Crippen molar-refractivity contribution in [2.45, 2.75) is 18.9 Å². The Morgan fingerprint density at radius 3 is 3.17 bits per heavy atom. The van der Waals surface area contributed by atoms with Gasteiger partial charge in [0.15, 0.2) is 6.61 Å². The second-order valence-corrected chi connectivity index (χ2v) is 4.78. The van der Waals surface area contributed by atoms with Crippen LogP contribution in [-0.2, 0) is 4.79 Å². The van der Waals surface area contributed by atoms with E-state index >= 15 is 0 Å². The summed E-state index contributed by atoms with van der Waals surface area (Å²) in [6, 6.07) is 7.42. The lowest BCUT2D eigenvalue weighted by Crippen LogP contribution is -2.39. The zero-order chi connectivity index (χ0) is 12.8. The number of amides is 1. The Labute approximate surface area is 112 Å². The molecule has 5 heteroatoms. The number of hydrogen-bond donors (Lipinski definition) is 2. The molecule has 1 aromatic rings. The Kier molecular flexibility index (Phi) is 4.84. The molecule has 0 saturated carbocycles. The van der Waals surface area contributed by atoms with E-state index in [0.29, 0.717) is 23.4 Å². The lowest BCUT2D eigenvalue weighted by molar-refractivity contribution is -0.123. The van der Waals surface area contributed by atoms with Gasteiger partial charge in [-0.2, -0.15) is 0 Å². The quantitative estimate of drug-likeness (QED) is 0.853. The molecular weight excluding hydrogens is 252 g/mol. The van der Waals surface area contributed by atoms with Gasteiger partial charge in [-0.05, 0) is 37.6 Å². The first-order valence-electron chi connectivity index (χ1n) is 6.12. The number of nitrogens with one attached hydrogen (secondary N) is 2. The summed E-state index contributed by atoms with van der Waals surface area (Å²) in [5.74, 6) is 0.500. The van der Waals surface area contributed by atoms with Crippen LogP contribution in [0, 0.1) is 0 Å². The first kappa shape index (κ1) is 13.2. The Morgan fingerprint density at radius 2 is 2.44 bits per heavy atom. The summed E-state index contributed by atoms with van der Waals surface area (Å²) in [5, 5.41) is 6.77. The van der Waals surface area contributed by atoms with Crippen LogP contribution in [0.2, 0.25) is 5.02 Å². The highest BCUT2D eigenvalue weighted by molar-refractivity contribution is 6.30. The highest BCUT2D eigenvalue weighted by Gasteiger charge is 2.14. The second-order valence-electron chi connectivity index (χ2n) is 4.34. The summed E-state index contributed by atoms with van der Waals surface area (Å²) in [5.41, 5.74) is 0. The predicted molar refractivity (Wildman–Crippen MR) is 71.0 cm³/mol. The molecule has 2 rings (SSSR count). The molecule has 1 aromatic carbocycles. The molecule has 1 saturated heterocycles. The van der Waals surface area contributed by atoms with E-state index in [4.69, 9.17) is 16.3 Å². The standard InChI is InChI=1S/C13H17ClN2O2/c14-10-3-1-5-12(7-10)18-9-13(17)16-8-11-4-2-6-15-11/h1,3,5,7,11,15H,2,4,6,8-9H2,(H,16,17). The fraction of sp³-hybridized carbons (Fsp3) is 0.462. The van der Waals surface area contributed by atoms with Gasteiger partial charge in [0, 0.05) is 17.6 Å². The summed E-state index contributed by atoms with van der Waals surface area (Å²) in [6.07, 6.45) is 2.30. The third-order valence-corrected chi connectivity index (χ3v) is 3.11. The highest BCUT2D eigenvalue weighted by Crippen LogP contribution is 2.16. The lowest BCUT2D eigenvalue weighted by atomic mass is 10.2. The zero-order valence-corrected chi connectivity index (χ0v) is 10.9. The van der Waals surface area contributed by atoms with Gasteiger partial charge >= 0.3 is 0 Å². The molecule has 0 spiro atoms. The zero-order valence-electron chi connectivity index (χ0n) is 10.1. The average Bonchev–Trinajstić information content (AvgIpc) is 2.87. The number of carbonyl (C=O) groups is 1. The number of halogens is 1. The van der Waals surface area contributed by atoms with Crippen LogP contribution in [0.3, 0.4) is 0 Å². The second kappa shape index (κ2) is 6.61. The van der Waals surface area contributed by atoms with Gasteiger partial charge < -0.3 is 15.4 Å². The number of hydrogen-bond acceptors (Lipinski definition) is 3. The van der Waals surface area contributed by atoms with Gasteiger partial charge in [-0.25, -0.2) is 0 Å². The Balaban J connectivity index is 1.68. The van der Waals surface area contributed by atoms with E-state index in [-0.39, 0.29) is 12.5 Å². The topological polar surface area (TPSA) is 50.4 Å². The maximum Gasteiger partial charge on any atom is 0.257 e. The maximum atomic E-state index is 11.6. The third-order valence-electron chi connectivity index (χ3n) is 2.87. The van der Waals surface area contributed by atoms with Crippen LogP contribution in [0.4, 0.5) is 0 Å². The molecule has 2 N–H and O–H groups in total. The fourth-order valence-electron chi connectivity index (χ4n) is 1.92. The monoisotopic (exact) mass is 268 g/mol. The van der Waals surface area contributed by atoms with Gasteiger partial charge in [0.1, 0.15) is 5.75 Å². The minimum Gasteiger partial charge on any atom is -0.484 e. The maximum absolute atomic E-state index is 11.6. The van der Waals surface area contributed by atoms with Crippen molar-refractivity contribution < 1.29 is 9.53 Å². The van der Waals surface area contributed by atoms with E-state index in [0.717, 1.165) is 13.0 Å². The number of benzene rings is 1. The molecule has 0 bridgehead atoms. The number of rotatable bonds is 5. The summed E-state index contributed by atoms with van der Waals surface area (Å²) in [6.45, 7) is 1.73. The van der Waals surface area contributed by atoms with Crippen LogP contribution in [0.25, 0.3) is 0 Å². The van der Waals surface area contributed by atoms with Crippen molar-refractivity contribution in [2.24, 2.45) is 0 Å². The Morgan fingerprint density at radius 1 is 1.56 bits per heavy atom. The molecule has 98 valence electrons. The summed E-state index contributed by atoms with van der Waals surface area (Å²) in [4.78, 5) is 11.6. The largest absolute Gasteiger partial charge is 0.484 e. The average molecular weight is 269 g/mol. The molecule has 1 amide bonds. The van der Waals surface area contributed by atoms with Crippen molar-refractivity contribution in [3.8, 4) is 5.75 Å². The van der Waals surface area contributed by atoms with Gasteiger partial charge in [0.05, 0.1) is 0 Å². The van der Waals surface area contributed by atoms with Crippen LogP contribution < -0.4 is 15.4 Å². The smallest absolute Gasteiger partial charge is 0.257 e. The molecule has 0 radical (unpaired) electrons. The molecule has 1 aliphatic heterocycles. The van der Waals surface area contributed by atoms with E-state index in [1.807, 2.05) is 0 Å². The summed E-state index contributed by atoms with van der Waals surface area (Å²) >= 11 is 5.82. The van der Waals surface area contributed by atoms with Crippen LogP contribution in [0.5, 0.6) is 5.75 Å². The number of carbonyl (C=O) groups excluding carboxylic acids is 1. The molecule has 1 fully saturated rings. The molecule has 0 aliphatic carbocycles. The third kappa shape index (κ3) is 4.20. The van der Waals surface area contributed by atoms with E-state index in [2.05, 4.69) is 10.6 Å². The summed E-state index contributed by atoms with van der Waals surface area (Å²) < 4.78 is 5.35. The molecule has 4 nitrogen and oxygen atoms in total. The van der Waals surface area contributed by atoms with E-state index in [1.54, 1.807) is 24.3 Å². The molecule has 1 heterocycles. The SMILES string of the molecule is O=C(COc1cccc(Cl)c1)NCC1CCCN1. The molecular formula is C13H17ClN2O2. The molecule has 0 aromatic heterocycles. The van der Waals surface area contributed by atoms with Crippen LogP contribution in [-0.4, -0.2) is 31.6 Å². The van der Waals surface area contributed by atoms with Gasteiger partial charge in [-0.15, -0.1) is 0 Å². The molecule has 1 unspecified atom stereocenters. The molecule has 1 atom stereocenters. The molecule has 18 heavy (non-hydrogen) atoms. The van der Waals surface area contributed by atoms with Gasteiger partial charge in [-0.3, -0.25) is 4.79 Å². The molecule has 1 aliphatic rings. The Hall–Kier alpha value is -1.26. The first-order chi connectivity index (χ1) is 8.74. The van der Waals surface area contributed by atoms with Crippen molar-refractivity contribution in [3.05, 3.63) is 29.3 Å². The van der Waals surface area contributed by atoms with Gasteiger partial charge in [-0.1, -0.05) is 17.7 Å². The Bertz CT molecular complexity index is 406. The fourth-order valence-corrected chi connectivity index (χ4v) is 2.10. The van der Waals surface area contributed by atoms with E-state index < -0.39 is 0 Å². The number of ether oxygens (including phenoxy) is 1. The normalized spacial score (nSPS) is 18.6. The van der Waals surface area contributed by atoms with Crippen LogP contribution in [0.1, 0.15) is 12.8 Å². The van der Waals surface area contributed by atoms with Crippen molar-refractivity contribution in [2.75, 3.05) is 19.7 Å².